The van der Waals surface area contributed by atoms with Crippen LogP contribution in [-0.4, -0.2) is 67.8 Å². The standard InChI is InChI=1S/C8H19N2.2C4H9.Sn.H/c1-8(10(4)5)6-7-9(2)3;2*1-3-4-2;;/h7-8H,6H2,1-5H3;2*1,3-4H2,2H3;;. The van der Waals surface area contributed by atoms with Gasteiger partial charge in [0.15, 0.2) is 0 Å². The molecule has 0 saturated heterocycles. The van der Waals surface area contributed by atoms with Crippen LogP contribution in [0.2, 0.25) is 8.87 Å². The van der Waals surface area contributed by atoms with E-state index in [0.717, 1.165) is 10.1 Å². The van der Waals surface area contributed by atoms with Crippen molar-refractivity contribution in [3.05, 3.63) is 0 Å². The number of rotatable bonds is 11. The molecule has 0 aliphatic rings. The van der Waals surface area contributed by atoms with E-state index in [1.807, 2.05) is 0 Å². The summed E-state index contributed by atoms with van der Waals surface area (Å²) in [5.74, 6) is 0. The zero-order chi connectivity index (χ0) is 14.8. The van der Waals surface area contributed by atoms with Gasteiger partial charge in [-0.25, -0.2) is 0 Å². The second kappa shape index (κ2) is 11.4. The van der Waals surface area contributed by atoms with Crippen LogP contribution in [0.3, 0.4) is 0 Å². The Morgan fingerprint density at radius 3 is 1.63 bits per heavy atom. The normalized spacial score (nSPS) is 15.5. The van der Waals surface area contributed by atoms with E-state index in [1.54, 1.807) is 8.87 Å². The van der Waals surface area contributed by atoms with Crippen molar-refractivity contribution in [3.63, 3.8) is 0 Å². The van der Waals surface area contributed by atoms with Crippen LogP contribution in [0.25, 0.3) is 0 Å². The van der Waals surface area contributed by atoms with E-state index in [0.29, 0.717) is 0 Å². The second-order valence-electron chi connectivity index (χ2n) is 6.62. The third-order valence-corrected chi connectivity index (χ3v) is 16.7. The fraction of sp³-hybridized carbons (Fsp3) is 1.00. The van der Waals surface area contributed by atoms with E-state index >= 15 is 0 Å². The molecule has 0 bridgehead atoms. The molecule has 2 nitrogen and oxygen atoms in total. The molecule has 0 rings (SSSR count). The first-order valence-corrected chi connectivity index (χ1v) is 14.8. The van der Waals surface area contributed by atoms with Crippen molar-refractivity contribution >= 4 is 19.8 Å². The monoisotopic (exact) mass is 378 g/mol. The Morgan fingerprint density at radius 1 is 0.842 bits per heavy atom. The maximum absolute atomic E-state index is 2.56. The van der Waals surface area contributed by atoms with Gasteiger partial charge in [0, 0.05) is 0 Å². The zero-order valence-electron chi connectivity index (χ0n) is 14.6. The molecule has 0 aromatic carbocycles. The Bertz CT molecular complexity index is 199. The first-order valence-electron chi connectivity index (χ1n) is 8.26. The number of unbranched alkanes of at least 4 members (excludes halogenated alkanes) is 2. The predicted molar refractivity (Wildman–Crippen MR) is 91.8 cm³/mol. The first-order chi connectivity index (χ1) is 8.93. The predicted octanol–water partition coefficient (Wildman–Crippen LogP) is 3.62. The summed E-state index contributed by atoms with van der Waals surface area (Å²) in [6.45, 7) is 7.07. The molecule has 0 aromatic heterocycles. The Labute approximate surface area is 129 Å². The molecule has 3 heteroatoms. The molecule has 0 aromatic rings. The number of hydrogen-bond donors (Lipinski definition) is 0. The van der Waals surface area contributed by atoms with E-state index < -0.39 is 19.8 Å². The number of nitrogens with zero attached hydrogens (tertiary/aromatic N) is 2. The van der Waals surface area contributed by atoms with Crippen molar-refractivity contribution in [2.45, 2.75) is 71.8 Å². The van der Waals surface area contributed by atoms with Crippen LogP contribution in [0.5, 0.6) is 0 Å². The van der Waals surface area contributed by atoms with E-state index in [1.165, 1.54) is 32.1 Å². The summed E-state index contributed by atoms with van der Waals surface area (Å²) >= 11 is -1.41. The molecule has 0 fully saturated rings. The Balaban J connectivity index is 4.62. The molecular formula is C16H38N2Sn. The van der Waals surface area contributed by atoms with E-state index in [9.17, 15) is 0 Å². The molecule has 0 spiro atoms. The summed E-state index contributed by atoms with van der Waals surface area (Å²) in [5, 5.41) is 0. The topological polar surface area (TPSA) is 6.48 Å². The van der Waals surface area contributed by atoms with Gasteiger partial charge < -0.3 is 0 Å². The van der Waals surface area contributed by atoms with E-state index in [2.05, 4.69) is 58.8 Å². The molecule has 0 aliphatic heterocycles. The third kappa shape index (κ3) is 8.56. The summed E-state index contributed by atoms with van der Waals surface area (Å²) in [6.07, 6.45) is 7.09. The minimum atomic E-state index is -1.41. The van der Waals surface area contributed by atoms with Crippen LogP contribution < -0.4 is 0 Å². The summed E-state index contributed by atoms with van der Waals surface area (Å²) in [7, 11) is 9.07. The Morgan fingerprint density at radius 2 is 1.32 bits per heavy atom. The average molecular weight is 377 g/mol. The molecule has 0 radical (unpaired) electrons. The molecule has 0 saturated carbocycles. The van der Waals surface area contributed by atoms with Gasteiger partial charge in [-0.2, -0.15) is 0 Å². The summed E-state index contributed by atoms with van der Waals surface area (Å²) in [6, 6.07) is 0.717. The molecule has 0 N–H and O–H groups in total. The molecular weight excluding hydrogens is 339 g/mol. The molecule has 0 aliphatic carbocycles. The Hall–Kier alpha value is 0.719. The third-order valence-electron chi connectivity index (χ3n) is 4.53. The Kier molecular flexibility index (Phi) is 11.8. The van der Waals surface area contributed by atoms with Gasteiger partial charge in [-0.1, -0.05) is 0 Å². The summed E-state index contributed by atoms with van der Waals surface area (Å²) < 4.78 is 4.17. The van der Waals surface area contributed by atoms with Crippen molar-refractivity contribution in [2.75, 3.05) is 28.2 Å². The van der Waals surface area contributed by atoms with Gasteiger partial charge in [0.25, 0.3) is 0 Å². The SMILES string of the molecule is CCC[CH2][SnH]([CH2]CCC)[CH](CC(C)N(C)C)N(C)C. The molecule has 116 valence electrons. The second-order valence-corrected chi connectivity index (χ2v) is 16.5. The summed E-state index contributed by atoms with van der Waals surface area (Å²) in [5.41, 5.74) is 0. The van der Waals surface area contributed by atoms with Crippen LogP contribution in [-0.2, 0) is 0 Å². The molecule has 19 heavy (non-hydrogen) atoms. The molecule has 0 heterocycles. The van der Waals surface area contributed by atoms with Gasteiger partial charge in [0.2, 0.25) is 0 Å². The van der Waals surface area contributed by atoms with Crippen LogP contribution in [0, 0.1) is 0 Å². The first kappa shape index (κ1) is 19.7. The van der Waals surface area contributed by atoms with Crippen LogP contribution in [0.1, 0.15) is 52.9 Å². The van der Waals surface area contributed by atoms with Gasteiger partial charge in [0.1, 0.15) is 0 Å². The van der Waals surface area contributed by atoms with Crippen molar-refractivity contribution in [1.82, 2.24) is 9.80 Å². The summed E-state index contributed by atoms with van der Waals surface area (Å²) in [4.78, 5) is 4.95. The van der Waals surface area contributed by atoms with Gasteiger partial charge in [-0.05, 0) is 0 Å². The van der Waals surface area contributed by atoms with Gasteiger partial charge in [-0.3, -0.25) is 0 Å². The van der Waals surface area contributed by atoms with Crippen LogP contribution >= 0.6 is 0 Å². The molecule has 2 atom stereocenters. The van der Waals surface area contributed by atoms with Gasteiger partial charge >= 0.3 is 130 Å². The van der Waals surface area contributed by atoms with Crippen LogP contribution in [0.4, 0.5) is 0 Å². The van der Waals surface area contributed by atoms with E-state index in [4.69, 9.17) is 0 Å². The fourth-order valence-electron chi connectivity index (χ4n) is 2.85. The van der Waals surface area contributed by atoms with Gasteiger partial charge in [-0.15, -0.1) is 0 Å². The maximum atomic E-state index is 2.56. The van der Waals surface area contributed by atoms with Crippen LogP contribution in [0.15, 0.2) is 0 Å². The fourth-order valence-corrected chi connectivity index (χ4v) is 15.8. The van der Waals surface area contributed by atoms with E-state index in [-0.39, 0.29) is 0 Å². The molecule has 2 unspecified atom stereocenters. The van der Waals surface area contributed by atoms with Crippen molar-refractivity contribution in [2.24, 2.45) is 0 Å². The molecule has 0 amide bonds. The number of hydrogen-bond acceptors (Lipinski definition) is 2. The van der Waals surface area contributed by atoms with Crippen molar-refractivity contribution < 1.29 is 0 Å². The van der Waals surface area contributed by atoms with Crippen molar-refractivity contribution in [3.8, 4) is 0 Å². The zero-order valence-corrected chi connectivity index (χ0v) is 17.9. The quantitative estimate of drug-likeness (QED) is 0.508. The minimum absolute atomic E-state index is 0.717. The average Bonchev–Trinajstić information content (AvgIpc) is 2.36. The van der Waals surface area contributed by atoms with Gasteiger partial charge in [0.05, 0.1) is 0 Å². The van der Waals surface area contributed by atoms with Crippen molar-refractivity contribution in [1.29, 1.82) is 0 Å².